The molecule has 5 rings (SSSR count). The monoisotopic (exact) mass is 560 g/mol. The summed E-state index contributed by atoms with van der Waals surface area (Å²) >= 11 is 6.79. The molecule has 1 amide bonds. The number of pyridine rings is 1. The summed E-state index contributed by atoms with van der Waals surface area (Å²) in [6, 6.07) is 13.6. The average molecular weight is 561 g/mol. The van der Waals surface area contributed by atoms with Gasteiger partial charge in [0.25, 0.3) is 5.91 Å². The molecule has 2 aliphatic rings. The van der Waals surface area contributed by atoms with Crippen LogP contribution >= 0.6 is 11.6 Å². The van der Waals surface area contributed by atoms with E-state index in [9.17, 15) is 9.59 Å². The highest BCUT2D eigenvalue weighted by atomic mass is 35.5. The van der Waals surface area contributed by atoms with Crippen LogP contribution in [-0.4, -0.2) is 41.5 Å². The number of nitrogen functional groups attached to an aromatic ring is 1. The van der Waals surface area contributed by atoms with E-state index in [2.05, 4.69) is 10.2 Å². The standard InChI is InChI=1S/C32H37ClN4O3/c1-19-17-27(30(38)36-26-10-6-8-24(29(26)33)23-7-5-9-25(34)20(23)2)35-28-18-37(16-13-22(19)28)21-11-14-32(3,15-12-21)31(39)40-4/h5-10,17,21H,11-16,18,34H2,1-4H3,(H,36,38). The van der Waals surface area contributed by atoms with Gasteiger partial charge in [-0.2, -0.15) is 0 Å². The van der Waals surface area contributed by atoms with Gasteiger partial charge in [-0.1, -0.05) is 35.9 Å². The number of nitrogens with one attached hydrogen (secondary N) is 1. The molecule has 2 heterocycles. The summed E-state index contributed by atoms with van der Waals surface area (Å²) in [6.45, 7) is 7.66. The van der Waals surface area contributed by atoms with E-state index in [0.29, 0.717) is 34.7 Å². The number of nitrogens with two attached hydrogens (primary N) is 1. The lowest BCUT2D eigenvalue weighted by Gasteiger charge is -2.42. The summed E-state index contributed by atoms with van der Waals surface area (Å²) in [4.78, 5) is 33.0. The van der Waals surface area contributed by atoms with Gasteiger partial charge in [-0.25, -0.2) is 4.98 Å². The first-order valence-electron chi connectivity index (χ1n) is 13.9. The van der Waals surface area contributed by atoms with Crippen molar-refractivity contribution in [3.63, 3.8) is 0 Å². The molecule has 0 atom stereocenters. The van der Waals surface area contributed by atoms with E-state index >= 15 is 0 Å². The van der Waals surface area contributed by atoms with Gasteiger partial charge in [0.1, 0.15) is 5.69 Å². The number of fused-ring (bicyclic) bond motifs is 1. The third-order valence-electron chi connectivity index (χ3n) is 8.83. The van der Waals surface area contributed by atoms with Gasteiger partial charge in [-0.15, -0.1) is 0 Å². The number of ether oxygens (including phenoxy) is 1. The maximum atomic E-state index is 13.4. The molecule has 1 fully saturated rings. The molecule has 2 aromatic carbocycles. The second-order valence-corrected chi connectivity index (χ2v) is 11.8. The molecule has 0 saturated heterocycles. The summed E-state index contributed by atoms with van der Waals surface area (Å²) in [5, 5.41) is 3.44. The van der Waals surface area contributed by atoms with Crippen LogP contribution in [0.5, 0.6) is 0 Å². The first kappa shape index (κ1) is 28.1. The van der Waals surface area contributed by atoms with Crippen molar-refractivity contribution >= 4 is 34.9 Å². The fourth-order valence-corrected chi connectivity index (χ4v) is 6.49. The van der Waals surface area contributed by atoms with Crippen molar-refractivity contribution in [2.75, 3.05) is 24.7 Å². The molecule has 8 heteroatoms. The number of methoxy groups -OCH3 is 1. The van der Waals surface area contributed by atoms with Crippen molar-refractivity contribution in [1.82, 2.24) is 9.88 Å². The third kappa shape index (κ3) is 5.32. The van der Waals surface area contributed by atoms with E-state index in [4.69, 9.17) is 27.1 Å². The zero-order valence-electron chi connectivity index (χ0n) is 23.6. The number of aryl methyl sites for hydroxylation is 1. The predicted octanol–water partition coefficient (Wildman–Crippen LogP) is 6.33. The number of nitrogens with zero attached hydrogens (tertiary/aromatic N) is 2. The Bertz CT molecular complexity index is 1460. The number of halogens is 1. The number of carbonyl (C=O) groups is 2. The van der Waals surface area contributed by atoms with Crippen molar-refractivity contribution in [3.05, 3.63) is 75.6 Å². The van der Waals surface area contributed by atoms with E-state index < -0.39 is 5.41 Å². The topological polar surface area (TPSA) is 97.5 Å². The Kier molecular flexibility index (Phi) is 7.89. The number of rotatable bonds is 5. The van der Waals surface area contributed by atoms with Gasteiger partial charge in [0.15, 0.2) is 0 Å². The largest absolute Gasteiger partial charge is 0.469 e. The number of hydrogen-bond donors (Lipinski definition) is 2. The van der Waals surface area contributed by atoms with Gasteiger partial charge < -0.3 is 15.8 Å². The van der Waals surface area contributed by atoms with Crippen molar-refractivity contribution in [1.29, 1.82) is 0 Å². The Hall–Kier alpha value is -3.42. The minimum absolute atomic E-state index is 0.114. The molecular weight excluding hydrogens is 524 g/mol. The number of amides is 1. The zero-order valence-corrected chi connectivity index (χ0v) is 24.4. The van der Waals surface area contributed by atoms with E-state index in [-0.39, 0.29) is 11.9 Å². The Morgan fingerprint density at radius 3 is 2.55 bits per heavy atom. The molecule has 0 spiro atoms. The number of anilines is 2. The molecule has 0 bridgehead atoms. The molecule has 7 nitrogen and oxygen atoms in total. The molecule has 1 saturated carbocycles. The SMILES string of the molecule is COC(=O)C1(C)CCC(N2CCc3c(C)cc(C(=O)Nc4cccc(-c5cccc(N)c5C)c4Cl)nc3C2)CC1. The Morgan fingerprint density at radius 2 is 1.82 bits per heavy atom. The van der Waals surface area contributed by atoms with Crippen LogP contribution in [0.3, 0.4) is 0 Å². The van der Waals surface area contributed by atoms with Crippen LogP contribution in [0, 0.1) is 19.3 Å². The van der Waals surface area contributed by atoms with E-state index in [1.54, 1.807) is 6.07 Å². The minimum atomic E-state index is -0.399. The first-order chi connectivity index (χ1) is 19.1. The lowest BCUT2D eigenvalue weighted by atomic mass is 9.73. The average Bonchev–Trinajstić information content (AvgIpc) is 2.95. The molecule has 1 aromatic heterocycles. The molecule has 0 radical (unpaired) electrons. The van der Waals surface area contributed by atoms with Crippen LogP contribution in [0.4, 0.5) is 11.4 Å². The molecule has 210 valence electrons. The smallest absolute Gasteiger partial charge is 0.311 e. The van der Waals surface area contributed by atoms with Crippen molar-refractivity contribution < 1.29 is 14.3 Å². The molecule has 0 unspecified atom stereocenters. The first-order valence-corrected chi connectivity index (χ1v) is 14.3. The van der Waals surface area contributed by atoms with Gasteiger partial charge in [-0.3, -0.25) is 14.5 Å². The van der Waals surface area contributed by atoms with Crippen LogP contribution in [-0.2, 0) is 22.5 Å². The lowest BCUT2D eigenvalue weighted by Crippen LogP contribution is -2.45. The van der Waals surface area contributed by atoms with Crippen LogP contribution in [0.1, 0.15) is 65.5 Å². The highest BCUT2D eigenvalue weighted by molar-refractivity contribution is 6.36. The summed E-state index contributed by atoms with van der Waals surface area (Å²) < 4.78 is 5.04. The van der Waals surface area contributed by atoms with Gasteiger partial charge in [0.2, 0.25) is 0 Å². The summed E-state index contributed by atoms with van der Waals surface area (Å²) in [6.07, 6.45) is 4.42. The van der Waals surface area contributed by atoms with Crippen molar-refractivity contribution in [3.8, 4) is 11.1 Å². The summed E-state index contributed by atoms with van der Waals surface area (Å²) in [7, 11) is 1.47. The Morgan fingerprint density at radius 1 is 1.12 bits per heavy atom. The van der Waals surface area contributed by atoms with Gasteiger partial charge >= 0.3 is 5.97 Å². The molecule has 1 aliphatic carbocycles. The number of esters is 1. The number of hydrogen-bond acceptors (Lipinski definition) is 6. The fourth-order valence-electron chi connectivity index (χ4n) is 6.22. The maximum absolute atomic E-state index is 13.4. The second kappa shape index (κ2) is 11.2. The van der Waals surface area contributed by atoms with Crippen molar-refractivity contribution in [2.24, 2.45) is 5.41 Å². The Labute approximate surface area is 241 Å². The minimum Gasteiger partial charge on any atom is -0.469 e. The van der Waals surface area contributed by atoms with Gasteiger partial charge in [0, 0.05) is 30.4 Å². The highest BCUT2D eigenvalue weighted by Crippen LogP contribution is 2.40. The van der Waals surface area contributed by atoms with Crippen LogP contribution in [0.15, 0.2) is 42.5 Å². The zero-order chi connectivity index (χ0) is 28.6. The lowest BCUT2D eigenvalue weighted by molar-refractivity contribution is -0.154. The van der Waals surface area contributed by atoms with Gasteiger partial charge in [0.05, 0.1) is 28.9 Å². The normalized spacial score (nSPS) is 21.0. The quantitative estimate of drug-likeness (QED) is 0.279. The maximum Gasteiger partial charge on any atom is 0.311 e. The molecule has 40 heavy (non-hydrogen) atoms. The summed E-state index contributed by atoms with van der Waals surface area (Å²) in [5.74, 6) is -0.408. The Balaban J connectivity index is 1.33. The van der Waals surface area contributed by atoms with Crippen LogP contribution in [0.2, 0.25) is 5.02 Å². The number of benzene rings is 2. The number of aromatic nitrogens is 1. The van der Waals surface area contributed by atoms with Crippen molar-refractivity contribution in [2.45, 2.75) is 65.5 Å². The highest BCUT2D eigenvalue weighted by Gasteiger charge is 2.40. The van der Waals surface area contributed by atoms with Crippen LogP contribution in [0.25, 0.3) is 11.1 Å². The second-order valence-electron chi connectivity index (χ2n) is 11.4. The van der Waals surface area contributed by atoms with E-state index in [1.165, 1.54) is 12.7 Å². The third-order valence-corrected chi connectivity index (χ3v) is 9.24. The number of carbonyl (C=O) groups excluding carboxylic acids is 2. The van der Waals surface area contributed by atoms with Crippen LogP contribution < -0.4 is 11.1 Å². The fraction of sp³-hybridized carbons (Fsp3) is 0.406. The molecule has 3 aromatic rings. The molecule has 3 N–H and O–H groups in total. The summed E-state index contributed by atoms with van der Waals surface area (Å²) in [5.41, 5.74) is 13.2. The molecular formula is C32H37ClN4O3. The predicted molar refractivity (Wildman–Crippen MR) is 159 cm³/mol. The van der Waals surface area contributed by atoms with Gasteiger partial charge in [-0.05, 0) is 93.3 Å². The van der Waals surface area contributed by atoms with E-state index in [0.717, 1.165) is 66.6 Å². The molecule has 1 aliphatic heterocycles. The van der Waals surface area contributed by atoms with E-state index in [1.807, 2.05) is 57.2 Å².